The van der Waals surface area contributed by atoms with E-state index in [0.717, 1.165) is 25.1 Å². The molecule has 1 aromatic carbocycles. The van der Waals surface area contributed by atoms with Crippen LogP contribution in [0.5, 0.6) is 0 Å². The van der Waals surface area contributed by atoms with E-state index in [2.05, 4.69) is 26.6 Å². The van der Waals surface area contributed by atoms with Gasteiger partial charge in [-0.05, 0) is 24.5 Å². The Morgan fingerprint density at radius 3 is 1.80 bits per heavy atom. The van der Waals surface area contributed by atoms with Crippen molar-refractivity contribution in [2.24, 2.45) is 5.92 Å². The number of nitrogens with one attached hydrogen (secondary N) is 5. The Hall–Kier alpha value is -6.02. The van der Waals surface area contributed by atoms with Crippen LogP contribution < -0.4 is 32.2 Å². The standard InChI is InChI=1S/C30H34F3N5O13/c1-12(2)25(38-26(47)17(6-7-21(40)41)36-28(49)18(10-22(42)43)34-13(3)39)29(50)37-19(11-23(44)45)27(48)35-14-4-5-15-16(30(31,32)33)9-24(46)51-20(15)8-14/h4-5,8-9,12,17-19,25H,6-7,10-11H2,1-3H3,(H,34,39)(H,35,48)(H,36,49)(H,37,50)(H,38,47)(H,40,41)(H,42,43)(H,44,45)/t17?,18-,19-,25-/m0/s1. The molecule has 2 rings (SSSR count). The highest BCUT2D eigenvalue weighted by Gasteiger charge is 2.35. The topological polar surface area (TPSA) is 288 Å². The van der Waals surface area contributed by atoms with E-state index in [4.69, 9.17) is 14.6 Å². The third-order valence-corrected chi connectivity index (χ3v) is 6.93. The monoisotopic (exact) mass is 729 g/mol. The molecule has 0 bridgehead atoms. The lowest BCUT2D eigenvalue weighted by molar-refractivity contribution is -0.142. The molecule has 5 amide bonds. The van der Waals surface area contributed by atoms with Gasteiger partial charge in [-0.3, -0.25) is 38.4 Å². The average molecular weight is 730 g/mol. The minimum atomic E-state index is -4.92. The summed E-state index contributed by atoms with van der Waals surface area (Å²) in [6, 6.07) is -3.73. The third kappa shape index (κ3) is 12.7. The van der Waals surface area contributed by atoms with Gasteiger partial charge in [-0.15, -0.1) is 0 Å². The van der Waals surface area contributed by atoms with Crippen molar-refractivity contribution in [3.63, 3.8) is 0 Å². The summed E-state index contributed by atoms with van der Waals surface area (Å²) >= 11 is 0. The number of anilines is 1. The Balaban J connectivity index is 2.31. The van der Waals surface area contributed by atoms with E-state index in [0.29, 0.717) is 0 Å². The molecule has 51 heavy (non-hydrogen) atoms. The Morgan fingerprint density at radius 1 is 0.745 bits per heavy atom. The van der Waals surface area contributed by atoms with Crippen LogP contribution in [0, 0.1) is 5.92 Å². The van der Waals surface area contributed by atoms with Crippen molar-refractivity contribution in [1.82, 2.24) is 21.3 Å². The van der Waals surface area contributed by atoms with E-state index < -0.39 is 132 Å². The second-order valence-electron chi connectivity index (χ2n) is 11.4. The maximum absolute atomic E-state index is 13.4. The molecule has 0 saturated carbocycles. The first-order chi connectivity index (χ1) is 23.6. The van der Waals surface area contributed by atoms with Crippen molar-refractivity contribution in [2.45, 2.75) is 76.8 Å². The first-order valence-corrected chi connectivity index (χ1v) is 14.9. The molecule has 0 spiro atoms. The molecule has 0 aliphatic carbocycles. The molecule has 0 aliphatic heterocycles. The van der Waals surface area contributed by atoms with Gasteiger partial charge in [0.15, 0.2) is 0 Å². The van der Waals surface area contributed by atoms with Crippen molar-refractivity contribution in [1.29, 1.82) is 0 Å². The zero-order chi connectivity index (χ0) is 38.8. The number of carboxylic acids is 3. The number of fused-ring (bicyclic) bond motifs is 1. The van der Waals surface area contributed by atoms with E-state index in [1.807, 2.05) is 0 Å². The number of carboxylic acid groups (broad SMARTS) is 3. The Labute approximate surface area is 285 Å². The summed E-state index contributed by atoms with van der Waals surface area (Å²) in [5.74, 6) is -10.6. The highest BCUT2D eigenvalue weighted by Crippen LogP contribution is 2.34. The van der Waals surface area contributed by atoms with Crippen molar-refractivity contribution in [3.05, 3.63) is 40.2 Å². The predicted octanol–water partition coefficient (Wildman–Crippen LogP) is 0.180. The number of carbonyl (C=O) groups excluding carboxylic acids is 5. The second-order valence-corrected chi connectivity index (χ2v) is 11.4. The molecular formula is C30H34F3N5O13. The number of benzene rings is 1. The molecule has 1 aromatic heterocycles. The molecule has 1 heterocycles. The van der Waals surface area contributed by atoms with Crippen LogP contribution in [0.25, 0.3) is 11.0 Å². The zero-order valence-corrected chi connectivity index (χ0v) is 27.1. The van der Waals surface area contributed by atoms with Gasteiger partial charge in [0, 0.05) is 36.6 Å². The number of rotatable bonds is 17. The number of halogens is 3. The molecule has 0 radical (unpaired) electrons. The van der Waals surface area contributed by atoms with Gasteiger partial charge in [0.2, 0.25) is 29.5 Å². The van der Waals surface area contributed by atoms with Crippen LogP contribution in [0.15, 0.2) is 33.5 Å². The summed E-state index contributed by atoms with van der Waals surface area (Å²) in [5, 5.41) is 38.0. The number of alkyl halides is 3. The lowest BCUT2D eigenvalue weighted by Crippen LogP contribution is -2.59. The quantitative estimate of drug-likeness (QED) is 0.101. The maximum atomic E-state index is 13.4. The molecule has 4 atom stereocenters. The fourth-order valence-corrected chi connectivity index (χ4v) is 4.58. The Morgan fingerprint density at radius 2 is 1.29 bits per heavy atom. The van der Waals surface area contributed by atoms with Gasteiger partial charge >= 0.3 is 29.7 Å². The van der Waals surface area contributed by atoms with E-state index in [1.54, 1.807) is 0 Å². The van der Waals surface area contributed by atoms with Crippen LogP contribution in [-0.4, -0.2) is 86.9 Å². The van der Waals surface area contributed by atoms with Gasteiger partial charge in [-0.1, -0.05) is 13.8 Å². The van der Waals surface area contributed by atoms with Gasteiger partial charge < -0.3 is 46.3 Å². The van der Waals surface area contributed by atoms with Gasteiger partial charge in [-0.2, -0.15) is 13.2 Å². The lowest BCUT2D eigenvalue weighted by atomic mass is 10.0. The van der Waals surface area contributed by atoms with E-state index >= 15 is 0 Å². The van der Waals surface area contributed by atoms with Crippen LogP contribution in [0.3, 0.4) is 0 Å². The molecule has 0 fully saturated rings. The highest BCUT2D eigenvalue weighted by atomic mass is 19.4. The Bertz CT molecular complexity index is 1740. The smallest absolute Gasteiger partial charge is 0.417 e. The normalized spacial score (nSPS) is 13.6. The Kier molecular flexibility index (Phi) is 14.2. The second kappa shape index (κ2) is 17.6. The zero-order valence-electron chi connectivity index (χ0n) is 27.1. The molecule has 278 valence electrons. The highest BCUT2D eigenvalue weighted by molar-refractivity contribution is 6.01. The van der Waals surface area contributed by atoms with Gasteiger partial charge in [0.05, 0.1) is 18.4 Å². The fraction of sp³-hybridized carbons (Fsp3) is 0.433. The minimum absolute atomic E-state index is 0.243. The fourth-order valence-electron chi connectivity index (χ4n) is 4.58. The average Bonchev–Trinajstić information content (AvgIpc) is 2.98. The van der Waals surface area contributed by atoms with Crippen molar-refractivity contribution >= 4 is 64.1 Å². The summed E-state index contributed by atoms with van der Waals surface area (Å²) in [5.41, 5.74) is -3.45. The first kappa shape index (κ1) is 41.2. The summed E-state index contributed by atoms with van der Waals surface area (Å²) in [4.78, 5) is 110. The number of amides is 5. The van der Waals surface area contributed by atoms with E-state index in [9.17, 15) is 61.4 Å². The van der Waals surface area contributed by atoms with E-state index in [-0.39, 0.29) is 11.8 Å². The first-order valence-electron chi connectivity index (χ1n) is 14.9. The molecule has 2 aromatic rings. The predicted molar refractivity (Wildman–Crippen MR) is 166 cm³/mol. The summed E-state index contributed by atoms with van der Waals surface area (Å²) < 4.78 is 45.0. The molecule has 18 nitrogen and oxygen atoms in total. The summed E-state index contributed by atoms with van der Waals surface area (Å²) in [6.45, 7) is 3.85. The van der Waals surface area contributed by atoms with Crippen LogP contribution in [0.4, 0.5) is 18.9 Å². The SMILES string of the molecule is CC(=O)N[C@@H](CC(=O)O)C(=O)NC(CCC(=O)O)C(=O)N[C@H](C(=O)N[C@@H](CC(=O)O)C(=O)Nc1ccc2c(C(F)(F)F)cc(=O)oc2c1)C(C)C. The third-order valence-electron chi connectivity index (χ3n) is 6.93. The maximum Gasteiger partial charge on any atom is 0.417 e. The van der Waals surface area contributed by atoms with Gasteiger partial charge in [0.1, 0.15) is 29.8 Å². The molecule has 0 aliphatic rings. The molecule has 1 unspecified atom stereocenters. The molecule has 21 heteroatoms. The molecular weight excluding hydrogens is 695 g/mol. The van der Waals surface area contributed by atoms with Crippen LogP contribution >= 0.6 is 0 Å². The summed E-state index contributed by atoms with van der Waals surface area (Å²) in [7, 11) is 0. The van der Waals surface area contributed by atoms with Crippen molar-refractivity contribution in [2.75, 3.05) is 5.32 Å². The summed E-state index contributed by atoms with van der Waals surface area (Å²) in [6.07, 6.45) is -8.08. The molecule has 8 N–H and O–H groups in total. The lowest BCUT2D eigenvalue weighted by Gasteiger charge is -2.27. The van der Waals surface area contributed by atoms with Gasteiger partial charge in [-0.25, -0.2) is 4.79 Å². The van der Waals surface area contributed by atoms with Crippen LogP contribution in [0.1, 0.15) is 52.0 Å². The number of carbonyl (C=O) groups is 8. The number of hydrogen-bond donors (Lipinski definition) is 8. The number of aliphatic carboxylic acids is 3. The molecule has 0 saturated heterocycles. The number of hydrogen-bond acceptors (Lipinski definition) is 10. The van der Waals surface area contributed by atoms with Crippen molar-refractivity contribution in [3.8, 4) is 0 Å². The van der Waals surface area contributed by atoms with Crippen LogP contribution in [0.2, 0.25) is 0 Å². The van der Waals surface area contributed by atoms with Crippen molar-refractivity contribution < 1.29 is 71.3 Å². The van der Waals surface area contributed by atoms with Crippen LogP contribution in [-0.2, 0) is 44.5 Å². The minimum Gasteiger partial charge on any atom is -0.481 e. The van der Waals surface area contributed by atoms with Gasteiger partial charge in [0.25, 0.3) is 0 Å². The van der Waals surface area contributed by atoms with E-state index in [1.165, 1.54) is 13.8 Å². The largest absolute Gasteiger partial charge is 0.481 e.